The predicted octanol–water partition coefficient (Wildman–Crippen LogP) is 2.81. The van der Waals surface area contributed by atoms with Gasteiger partial charge in [-0.3, -0.25) is 4.79 Å². The third kappa shape index (κ3) is 10.0. The largest absolute Gasteiger partial charge is 0.491 e. The van der Waals surface area contributed by atoms with Gasteiger partial charge in [0.25, 0.3) is 0 Å². The highest BCUT2D eigenvalue weighted by Gasteiger charge is 2.11. The van der Waals surface area contributed by atoms with Crippen LogP contribution < -0.4 is 10.5 Å². The highest BCUT2D eigenvalue weighted by Crippen LogP contribution is 2.14. The predicted molar refractivity (Wildman–Crippen MR) is 84.4 cm³/mol. The lowest BCUT2D eigenvalue weighted by Crippen LogP contribution is -2.32. The molecule has 7 heteroatoms. The third-order valence-electron chi connectivity index (χ3n) is 2.33. The number of nitrogens with two attached hydrogens (primary N) is 1. The van der Waals surface area contributed by atoms with E-state index in [0.29, 0.717) is 13.0 Å². The molecule has 0 spiro atoms. The zero-order valence-corrected chi connectivity index (χ0v) is 13.7. The molecule has 0 heterocycles. The Morgan fingerprint density at radius 1 is 1.27 bits per heavy atom. The molecule has 0 saturated heterocycles. The Balaban J connectivity index is 0.000000626. The van der Waals surface area contributed by atoms with Gasteiger partial charge in [0.05, 0.1) is 12.7 Å². The Kier molecular flexibility index (Phi) is 9.98. The van der Waals surface area contributed by atoms with E-state index >= 15 is 0 Å². The summed E-state index contributed by atoms with van der Waals surface area (Å²) in [6.07, 6.45) is 0.462. The number of benzene rings is 1. The van der Waals surface area contributed by atoms with Crippen molar-refractivity contribution in [3.05, 3.63) is 29.8 Å². The van der Waals surface area contributed by atoms with Gasteiger partial charge in [0.2, 0.25) is 0 Å². The van der Waals surface area contributed by atoms with E-state index in [2.05, 4.69) is 4.74 Å². The summed E-state index contributed by atoms with van der Waals surface area (Å²) in [7, 11) is 0. The highest BCUT2D eigenvalue weighted by atomic mass is 35.5. The second-order valence-corrected chi connectivity index (χ2v) is 4.94. The van der Waals surface area contributed by atoms with Gasteiger partial charge in [-0.15, -0.1) is 0 Å². The molecule has 0 aromatic heterocycles. The van der Waals surface area contributed by atoms with Gasteiger partial charge in [-0.05, 0) is 44.9 Å². The molecule has 124 valence electrons. The molecule has 22 heavy (non-hydrogen) atoms. The molecule has 1 atom stereocenters. The summed E-state index contributed by atoms with van der Waals surface area (Å²) in [5, 5.41) is 8.67. The van der Waals surface area contributed by atoms with Crippen molar-refractivity contribution in [3.63, 3.8) is 0 Å². The number of ether oxygens (including phenoxy) is 2. The lowest BCUT2D eigenvalue weighted by molar-refractivity contribution is -0.138. The SMILES string of the molecule is CC(C)Oc1ccc(CC(N)C(=O)O)cc1.CCOC(=O)Cl. The fraction of sp³-hybridized carbons (Fsp3) is 0.467. The quantitative estimate of drug-likeness (QED) is 0.778. The van der Waals surface area contributed by atoms with Gasteiger partial charge in [0, 0.05) is 11.6 Å². The fourth-order valence-corrected chi connectivity index (χ4v) is 1.54. The first-order valence-electron chi connectivity index (χ1n) is 6.82. The molecule has 0 bridgehead atoms. The van der Waals surface area contributed by atoms with Crippen LogP contribution in [0, 0.1) is 0 Å². The van der Waals surface area contributed by atoms with E-state index in [1.165, 1.54) is 0 Å². The summed E-state index contributed by atoms with van der Waals surface area (Å²) >= 11 is 4.72. The van der Waals surface area contributed by atoms with Crippen LogP contribution in [0.25, 0.3) is 0 Å². The number of carboxylic acid groups (broad SMARTS) is 1. The van der Waals surface area contributed by atoms with Gasteiger partial charge in [-0.25, -0.2) is 4.79 Å². The van der Waals surface area contributed by atoms with Crippen molar-refractivity contribution in [2.75, 3.05) is 6.61 Å². The molecule has 6 nitrogen and oxygen atoms in total. The van der Waals surface area contributed by atoms with Gasteiger partial charge in [0.1, 0.15) is 11.8 Å². The Labute approximate surface area is 135 Å². The molecule has 1 unspecified atom stereocenters. The van der Waals surface area contributed by atoms with Crippen LogP contribution in [0.15, 0.2) is 24.3 Å². The number of aliphatic carboxylic acids is 1. The van der Waals surface area contributed by atoms with Crippen LogP contribution in [0.2, 0.25) is 0 Å². The number of halogens is 1. The van der Waals surface area contributed by atoms with Crippen molar-refractivity contribution >= 4 is 23.0 Å². The summed E-state index contributed by atoms with van der Waals surface area (Å²) in [6, 6.07) is 6.46. The van der Waals surface area contributed by atoms with Gasteiger partial charge in [0.15, 0.2) is 0 Å². The molecule has 0 aliphatic heterocycles. The van der Waals surface area contributed by atoms with Crippen LogP contribution >= 0.6 is 11.6 Å². The van der Waals surface area contributed by atoms with Crippen molar-refractivity contribution in [1.82, 2.24) is 0 Å². The van der Waals surface area contributed by atoms with Gasteiger partial charge >= 0.3 is 11.4 Å². The molecule has 0 amide bonds. The van der Waals surface area contributed by atoms with Gasteiger partial charge in [-0.1, -0.05) is 12.1 Å². The summed E-state index contributed by atoms with van der Waals surface area (Å²) in [6.45, 7) is 5.95. The summed E-state index contributed by atoms with van der Waals surface area (Å²) < 4.78 is 9.64. The first-order chi connectivity index (χ1) is 10.3. The number of carbonyl (C=O) groups excluding carboxylic acids is 1. The molecular formula is C15H22ClNO5. The molecular weight excluding hydrogens is 310 g/mol. The Hall–Kier alpha value is -1.79. The second kappa shape index (κ2) is 10.9. The third-order valence-corrected chi connectivity index (χ3v) is 2.43. The minimum Gasteiger partial charge on any atom is -0.491 e. The second-order valence-electron chi connectivity index (χ2n) is 4.63. The van der Waals surface area contributed by atoms with Crippen LogP contribution in [-0.2, 0) is 16.0 Å². The van der Waals surface area contributed by atoms with E-state index in [1.807, 2.05) is 38.1 Å². The lowest BCUT2D eigenvalue weighted by Gasteiger charge is -2.11. The van der Waals surface area contributed by atoms with Crippen molar-refractivity contribution in [3.8, 4) is 5.75 Å². The van der Waals surface area contributed by atoms with E-state index < -0.39 is 17.4 Å². The number of rotatable bonds is 6. The van der Waals surface area contributed by atoms with Crippen LogP contribution in [0.1, 0.15) is 26.3 Å². The molecule has 0 aliphatic rings. The van der Waals surface area contributed by atoms with Gasteiger partial charge < -0.3 is 20.3 Å². The lowest BCUT2D eigenvalue weighted by atomic mass is 10.1. The zero-order valence-electron chi connectivity index (χ0n) is 12.9. The number of hydrogen-bond acceptors (Lipinski definition) is 5. The molecule has 1 rings (SSSR count). The molecule has 0 radical (unpaired) electrons. The van der Waals surface area contributed by atoms with E-state index in [4.69, 9.17) is 27.2 Å². The van der Waals surface area contributed by atoms with Crippen LogP contribution in [0.5, 0.6) is 5.75 Å². The number of hydrogen-bond donors (Lipinski definition) is 2. The number of carbonyl (C=O) groups is 2. The molecule has 0 aliphatic carbocycles. The summed E-state index contributed by atoms with van der Waals surface area (Å²) in [4.78, 5) is 20.2. The van der Waals surface area contributed by atoms with E-state index in [-0.39, 0.29) is 6.10 Å². The maximum absolute atomic E-state index is 10.6. The average molecular weight is 332 g/mol. The minimum absolute atomic E-state index is 0.132. The van der Waals surface area contributed by atoms with E-state index in [0.717, 1.165) is 11.3 Å². The van der Waals surface area contributed by atoms with Crippen LogP contribution in [0.4, 0.5) is 4.79 Å². The van der Waals surface area contributed by atoms with Crippen LogP contribution in [-0.4, -0.2) is 35.3 Å². The molecule has 1 aromatic carbocycles. The topological polar surface area (TPSA) is 98.8 Å². The highest BCUT2D eigenvalue weighted by molar-refractivity contribution is 6.61. The average Bonchev–Trinajstić information content (AvgIpc) is 2.40. The first-order valence-corrected chi connectivity index (χ1v) is 7.20. The smallest absolute Gasteiger partial charge is 0.403 e. The molecule has 0 fully saturated rings. The van der Waals surface area contributed by atoms with E-state index in [9.17, 15) is 9.59 Å². The summed E-state index contributed by atoms with van der Waals surface area (Å²) in [5.74, 6) is -0.204. The molecule has 3 N–H and O–H groups in total. The maximum Gasteiger partial charge on any atom is 0.403 e. The molecule has 1 aromatic rings. The monoisotopic (exact) mass is 331 g/mol. The van der Waals surface area contributed by atoms with Crippen LogP contribution in [0.3, 0.4) is 0 Å². The minimum atomic E-state index is -0.984. The van der Waals surface area contributed by atoms with Crippen molar-refractivity contribution in [1.29, 1.82) is 0 Å². The Morgan fingerprint density at radius 2 is 1.82 bits per heavy atom. The fourth-order valence-electron chi connectivity index (χ4n) is 1.43. The Bertz CT molecular complexity index is 462. The first kappa shape index (κ1) is 20.2. The number of carboxylic acids is 1. The summed E-state index contributed by atoms with van der Waals surface area (Å²) in [5.41, 5.74) is 5.59. The normalized spacial score (nSPS) is 11.2. The maximum atomic E-state index is 10.6. The van der Waals surface area contributed by atoms with Crippen molar-refractivity contribution < 1.29 is 24.2 Å². The zero-order chi connectivity index (χ0) is 17.1. The molecule has 0 saturated carbocycles. The van der Waals surface area contributed by atoms with Crippen molar-refractivity contribution in [2.45, 2.75) is 39.3 Å². The van der Waals surface area contributed by atoms with Gasteiger partial charge in [-0.2, -0.15) is 0 Å². The van der Waals surface area contributed by atoms with E-state index in [1.54, 1.807) is 6.92 Å². The standard InChI is InChI=1S/C12H17NO3.C3H5ClO2/c1-8(2)16-10-5-3-9(4-6-10)7-11(13)12(14)15;1-2-6-3(4)5/h3-6,8,11H,7,13H2,1-2H3,(H,14,15);2H2,1H3. The van der Waals surface area contributed by atoms with Crippen molar-refractivity contribution in [2.24, 2.45) is 5.73 Å². The Morgan fingerprint density at radius 3 is 2.14 bits per heavy atom.